The van der Waals surface area contributed by atoms with E-state index in [1.165, 1.54) is 0 Å². The number of nitrogen functional groups attached to an aromatic ring is 1. The molecule has 0 aromatic carbocycles. The Bertz CT molecular complexity index is 351. The monoisotopic (exact) mass is 158 g/mol. The number of aryl methyl sites for hydroxylation is 1. The Balaban J connectivity index is 3.66. The van der Waals surface area contributed by atoms with E-state index in [2.05, 4.69) is 22.4 Å². The fourth-order valence-electron chi connectivity index (χ4n) is 0.500. The van der Waals surface area contributed by atoms with E-state index in [0.29, 0.717) is 5.69 Å². The maximum Gasteiger partial charge on any atom is 0.294 e. The van der Waals surface area contributed by atoms with Crippen molar-refractivity contribution >= 4 is 12.2 Å². The van der Waals surface area contributed by atoms with Gasteiger partial charge in [0, 0.05) is 0 Å². The molecule has 0 aliphatic carbocycles. The van der Waals surface area contributed by atoms with Crippen LogP contribution in [0.1, 0.15) is 5.69 Å². The van der Waals surface area contributed by atoms with Gasteiger partial charge in [-0.1, -0.05) is 0 Å². The molecule has 3 N–H and O–H groups in total. The van der Waals surface area contributed by atoms with Crippen molar-refractivity contribution in [1.29, 1.82) is 0 Å². The maximum atomic E-state index is 10.9. The Morgan fingerprint density at radius 1 is 1.80 bits per heavy atom. The lowest BCUT2D eigenvalue weighted by molar-refractivity contribution is 0.775. The van der Waals surface area contributed by atoms with Crippen LogP contribution in [0.5, 0.6) is 0 Å². The van der Waals surface area contributed by atoms with Crippen LogP contribution in [0.15, 0.2) is 4.79 Å². The lowest BCUT2D eigenvalue weighted by Gasteiger charge is -1.95. The number of nitrogens with one attached hydrogen (secondary N) is 1. The van der Waals surface area contributed by atoms with Crippen LogP contribution < -0.4 is 11.4 Å². The molecule has 5 nitrogen and oxygen atoms in total. The average molecular weight is 158 g/mol. The lowest BCUT2D eigenvalue weighted by atomic mass is 10.5. The lowest BCUT2D eigenvalue weighted by Crippen LogP contribution is -2.31. The summed E-state index contributed by atoms with van der Waals surface area (Å²) in [5.41, 5.74) is -0.0696. The smallest absolute Gasteiger partial charge is 0.294 e. The molecule has 1 aromatic heterocycles. The zero-order valence-electron chi connectivity index (χ0n) is 5.29. The number of aromatic nitrogens is 3. The second kappa shape index (κ2) is 2.22. The molecule has 0 radical (unpaired) electrons. The third kappa shape index (κ3) is 0.926. The SMILES string of the molecule is Cc1n[nH]c(=S)n(N)c1=O. The van der Waals surface area contributed by atoms with E-state index in [1.54, 1.807) is 6.92 Å². The van der Waals surface area contributed by atoms with Crippen LogP contribution in [0, 0.1) is 11.7 Å². The fourth-order valence-corrected chi connectivity index (χ4v) is 0.628. The van der Waals surface area contributed by atoms with Crippen LogP contribution in [-0.4, -0.2) is 14.9 Å². The van der Waals surface area contributed by atoms with Crippen molar-refractivity contribution in [2.75, 3.05) is 5.84 Å². The van der Waals surface area contributed by atoms with Crippen LogP contribution in [0.4, 0.5) is 0 Å². The first-order valence-corrected chi connectivity index (χ1v) is 2.97. The van der Waals surface area contributed by atoms with Gasteiger partial charge in [-0.25, -0.2) is 0 Å². The molecule has 0 saturated heterocycles. The summed E-state index contributed by atoms with van der Waals surface area (Å²) < 4.78 is 0.966. The molecule has 0 atom stereocenters. The van der Waals surface area contributed by atoms with Crippen molar-refractivity contribution in [3.8, 4) is 0 Å². The number of rotatable bonds is 0. The predicted octanol–water partition coefficient (Wildman–Crippen LogP) is -0.677. The average Bonchev–Trinajstić information content (AvgIpc) is 1.93. The Hall–Kier alpha value is -1.17. The van der Waals surface area contributed by atoms with Gasteiger partial charge < -0.3 is 5.84 Å². The predicted molar refractivity (Wildman–Crippen MR) is 38.6 cm³/mol. The quantitative estimate of drug-likeness (QED) is 0.387. The van der Waals surface area contributed by atoms with Crippen LogP contribution in [0.3, 0.4) is 0 Å². The van der Waals surface area contributed by atoms with E-state index in [0.717, 1.165) is 4.68 Å². The first-order valence-electron chi connectivity index (χ1n) is 2.56. The largest absolute Gasteiger partial charge is 0.334 e. The highest BCUT2D eigenvalue weighted by Gasteiger charge is 1.96. The summed E-state index contributed by atoms with van der Waals surface area (Å²) in [5.74, 6) is 5.21. The van der Waals surface area contributed by atoms with E-state index in [-0.39, 0.29) is 10.3 Å². The van der Waals surface area contributed by atoms with Gasteiger partial charge in [0.05, 0.1) is 0 Å². The minimum Gasteiger partial charge on any atom is -0.334 e. The molecule has 0 aliphatic heterocycles. The Morgan fingerprint density at radius 3 is 2.90 bits per heavy atom. The topological polar surface area (TPSA) is 76.7 Å². The van der Waals surface area contributed by atoms with Gasteiger partial charge in [0.25, 0.3) is 5.56 Å². The van der Waals surface area contributed by atoms with E-state index in [4.69, 9.17) is 5.84 Å². The molecule has 1 aromatic rings. The highest BCUT2D eigenvalue weighted by Crippen LogP contribution is 1.76. The van der Waals surface area contributed by atoms with Gasteiger partial charge in [0.1, 0.15) is 5.69 Å². The van der Waals surface area contributed by atoms with Crippen molar-refractivity contribution in [1.82, 2.24) is 14.9 Å². The van der Waals surface area contributed by atoms with Gasteiger partial charge in [0.2, 0.25) is 4.77 Å². The molecular weight excluding hydrogens is 152 g/mol. The van der Waals surface area contributed by atoms with Gasteiger partial charge in [-0.2, -0.15) is 9.77 Å². The van der Waals surface area contributed by atoms with Crippen molar-refractivity contribution < 1.29 is 0 Å². The van der Waals surface area contributed by atoms with Crippen molar-refractivity contribution in [3.05, 3.63) is 20.8 Å². The normalized spacial score (nSPS) is 9.70. The number of nitrogens with zero attached hydrogens (tertiary/aromatic N) is 2. The van der Waals surface area contributed by atoms with Gasteiger partial charge >= 0.3 is 0 Å². The summed E-state index contributed by atoms with van der Waals surface area (Å²) in [7, 11) is 0. The standard InChI is InChI=1S/C4H6N4OS/c1-2-3(9)8(5)4(10)7-6-2/h5H2,1H3,(H,7,10). The van der Waals surface area contributed by atoms with E-state index in [9.17, 15) is 4.79 Å². The first-order chi connectivity index (χ1) is 4.63. The molecule has 0 bridgehead atoms. The van der Waals surface area contributed by atoms with Crippen LogP contribution >= 0.6 is 12.2 Å². The number of hydrogen-bond donors (Lipinski definition) is 2. The van der Waals surface area contributed by atoms with Crippen LogP contribution in [0.2, 0.25) is 0 Å². The van der Waals surface area contributed by atoms with E-state index >= 15 is 0 Å². The number of H-pyrrole nitrogens is 1. The van der Waals surface area contributed by atoms with Crippen molar-refractivity contribution in [2.24, 2.45) is 0 Å². The molecule has 0 unspecified atom stereocenters. The zero-order valence-corrected chi connectivity index (χ0v) is 6.10. The number of hydrogen-bond acceptors (Lipinski definition) is 4. The minimum absolute atomic E-state index is 0.121. The summed E-state index contributed by atoms with van der Waals surface area (Å²) >= 11 is 4.62. The summed E-state index contributed by atoms with van der Waals surface area (Å²) in [6.45, 7) is 1.55. The summed E-state index contributed by atoms with van der Waals surface area (Å²) in [6.07, 6.45) is 0. The molecule has 0 saturated carbocycles. The van der Waals surface area contributed by atoms with Crippen molar-refractivity contribution in [3.63, 3.8) is 0 Å². The third-order valence-corrected chi connectivity index (χ3v) is 1.35. The first kappa shape index (κ1) is 6.94. The van der Waals surface area contributed by atoms with E-state index in [1.807, 2.05) is 0 Å². The molecule has 54 valence electrons. The summed E-state index contributed by atoms with van der Waals surface area (Å²) in [4.78, 5) is 10.9. The molecule has 6 heteroatoms. The summed E-state index contributed by atoms with van der Waals surface area (Å²) in [5, 5.41) is 6.01. The molecule has 10 heavy (non-hydrogen) atoms. The Kier molecular flexibility index (Phi) is 1.54. The van der Waals surface area contributed by atoms with Crippen molar-refractivity contribution in [2.45, 2.75) is 6.92 Å². The van der Waals surface area contributed by atoms with Crippen LogP contribution in [0.25, 0.3) is 0 Å². The van der Waals surface area contributed by atoms with Gasteiger partial charge in [0.15, 0.2) is 0 Å². The molecule has 0 fully saturated rings. The number of nitrogens with two attached hydrogens (primary N) is 1. The van der Waals surface area contributed by atoms with Gasteiger partial charge in [-0.15, -0.1) is 0 Å². The van der Waals surface area contributed by atoms with Gasteiger partial charge in [-0.05, 0) is 19.1 Å². The second-order valence-electron chi connectivity index (χ2n) is 1.79. The Labute approximate surface area is 61.5 Å². The molecule has 0 aliphatic rings. The van der Waals surface area contributed by atoms with Crippen LogP contribution in [-0.2, 0) is 0 Å². The molecule has 0 amide bonds. The second-order valence-corrected chi connectivity index (χ2v) is 2.18. The summed E-state index contributed by atoms with van der Waals surface area (Å²) in [6, 6.07) is 0. The van der Waals surface area contributed by atoms with Gasteiger partial charge in [-0.3, -0.25) is 9.89 Å². The molecular formula is C4H6N4OS. The maximum absolute atomic E-state index is 10.9. The highest BCUT2D eigenvalue weighted by atomic mass is 32.1. The zero-order chi connectivity index (χ0) is 7.72. The third-order valence-electron chi connectivity index (χ3n) is 1.07. The molecule has 1 heterocycles. The molecule has 0 spiro atoms. The Morgan fingerprint density at radius 2 is 2.40 bits per heavy atom. The molecule has 1 rings (SSSR count). The fraction of sp³-hybridized carbons (Fsp3) is 0.250. The highest BCUT2D eigenvalue weighted by molar-refractivity contribution is 7.71. The minimum atomic E-state index is -0.372. The number of aromatic amines is 1. The van der Waals surface area contributed by atoms with E-state index < -0.39 is 0 Å².